The summed E-state index contributed by atoms with van der Waals surface area (Å²) in [5, 5.41) is 4.17. The fourth-order valence-electron chi connectivity index (χ4n) is 4.24. The van der Waals surface area contributed by atoms with Crippen LogP contribution in [0.3, 0.4) is 0 Å². The van der Waals surface area contributed by atoms with Crippen molar-refractivity contribution >= 4 is 28.5 Å². The molecule has 2 aromatic heterocycles. The van der Waals surface area contributed by atoms with Crippen molar-refractivity contribution in [2.24, 2.45) is 0 Å². The number of nitrogens with one attached hydrogen (secondary N) is 1. The SMILES string of the molecule is O=C1c2ccc(F)cc2CCC2CCC(c3noc(-c4cc(I)c[nH]4)n3)CN12. The molecule has 2 aliphatic heterocycles. The summed E-state index contributed by atoms with van der Waals surface area (Å²) >= 11 is 2.22. The molecule has 0 bridgehead atoms. The van der Waals surface area contributed by atoms with Gasteiger partial charge in [0.25, 0.3) is 11.8 Å². The van der Waals surface area contributed by atoms with Crippen LogP contribution in [0.15, 0.2) is 35.0 Å². The number of aromatic nitrogens is 3. The van der Waals surface area contributed by atoms with Gasteiger partial charge in [0.15, 0.2) is 5.82 Å². The van der Waals surface area contributed by atoms with Gasteiger partial charge in [-0.3, -0.25) is 4.79 Å². The van der Waals surface area contributed by atoms with Gasteiger partial charge in [-0.25, -0.2) is 4.39 Å². The summed E-state index contributed by atoms with van der Waals surface area (Å²) in [6, 6.07) is 6.59. The minimum Gasteiger partial charge on any atom is -0.356 e. The highest BCUT2D eigenvalue weighted by atomic mass is 127. The molecule has 1 saturated heterocycles. The molecule has 144 valence electrons. The van der Waals surface area contributed by atoms with Crippen LogP contribution in [-0.4, -0.2) is 38.5 Å². The predicted molar refractivity (Wildman–Crippen MR) is 108 cm³/mol. The molecule has 8 heteroatoms. The molecule has 28 heavy (non-hydrogen) atoms. The number of benzene rings is 1. The molecule has 0 saturated carbocycles. The minimum absolute atomic E-state index is 0.0233. The fraction of sp³-hybridized carbons (Fsp3) is 0.350. The summed E-state index contributed by atoms with van der Waals surface area (Å²) in [5.41, 5.74) is 2.21. The molecule has 2 atom stereocenters. The van der Waals surface area contributed by atoms with Crippen LogP contribution in [0.2, 0.25) is 0 Å². The number of nitrogens with zero attached hydrogens (tertiary/aromatic N) is 3. The molecule has 1 amide bonds. The van der Waals surface area contributed by atoms with Crippen molar-refractivity contribution in [3.05, 3.63) is 56.8 Å². The van der Waals surface area contributed by atoms with Gasteiger partial charge in [0.2, 0.25) is 0 Å². The molecule has 0 aliphatic carbocycles. The summed E-state index contributed by atoms with van der Waals surface area (Å²) < 4.78 is 20.1. The average Bonchev–Trinajstić information content (AvgIpc) is 3.32. The lowest BCUT2D eigenvalue weighted by Crippen LogP contribution is -2.45. The molecule has 6 nitrogen and oxygen atoms in total. The third-order valence-corrected chi connectivity index (χ3v) is 6.32. The molecule has 2 aliphatic rings. The topological polar surface area (TPSA) is 75.0 Å². The standard InChI is InChI=1S/C20H18FIN4O2/c21-13-3-6-16-11(7-13)1-4-15-5-2-12(10-26(15)20(16)27)18-24-19(28-25-18)17-8-14(22)9-23-17/h3,6-9,12,15,23H,1-2,4-5,10H2. The zero-order valence-corrected chi connectivity index (χ0v) is 17.1. The second kappa shape index (κ2) is 6.98. The van der Waals surface area contributed by atoms with Crippen LogP contribution in [0.5, 0.6) is 0 Å². The van der Waals surface area contributed by atoms with Gasteiger partial charge in [-0.05, 0) is 78.1 Å². The molecular formula is C20H18FIN4O2. The van der Waals surface area contributed by atoms with Gasteiger partial charge in [-0.1, -0.05) is 5.16 Å². The molecule has 2 unspecified atom stereocenters. The van der Waals surface area contributed by atoms with E-state index in [4.69, 9.17) is 4.52 Å². The van der Waals surface area contributed by atoms with E-state index in [1.807, 2.05) is 17.2 Å². The lowest BCUT2D eigenvalue weighted by atomic mass is 9.90. The maximum atomic E-state index is 13.6. The first-order valence-corrected chi connectivity index (χ1v) is 10.4. The molecule has 4 heterocycles. The number of carbonyl (C=O) groups is 1. The van der Waals surface area contributed by atoms with E-state index in [9.17, 15) is 9.18 Å². The number of hydrogen-bond donors (Lipinski definition) is 1. The fourth-order valence-corrected chi connectivity index (χ4v) is 4.71. The van der Waals surface area contributed by atoms with E-state index in [2.05, 4.69) is 37.7 Å². The second-order valence-electron chi connectivity index (χ2n) is 7.42. The zero-order valence-electron chi connectivity index (χ0n) is 15.0. The van der Waals surface area contributed by atoms with Crippen LogP contribution >= 0.6 is 22.6 Å². The van der Waals surface area contributed by atoms with Gasteiger partial charge in [0.1, 0.15) is 11.5 Å². The number of aryl methyl sites for hydroxylation is 1. The van der Waals surface area contributed by atoms with Crippen molar-refractivity contribution in [3.8, 4) is 11.6 Å². The molecule has 1 aromatic carbocycles. The van der Waals surface area contributed by atoms with Crippen molar-refractivity contribution in [1.82, 2.24) is 20.0 Å². The third kappa shape index (κ3) is 3.13. The number of carbonyl (C=O) groups excluding carboxylic acids is 1. The smallest absolute Gasteiger partial charge is 0.274 e. The minimum atomic E-state index is -0.289. The van der Waals surface area contributed by atoms with Crippen LogP contribution in [0.1, 0.15) is 46.9 Å². The Labute approximate surface area is 174 Å². The van der Waals surface area contributed by atoms with Crippen molar-refractivity contribution in [1.29, 1.82) is 0 Å². The molecule has 1 N–H and O–H groups in total. The van der Waals surface area contributed by atoms with Crippen LogP contribution in [-0.2, 0) is 6.42 Å². The highest BCUT2D eigenvalue weighted by Crippen LogP contribution is 2.35. The van der Waals surface area contributed by atoms with E-state index in [-0.39, 0.29) is 23.7 Å². The average molecular weight is 492 g/mol. The number of H-pyrrole nitrogens is 1. The normalized spacial score (nSPS) is 21.9. The Morgan fingerprint density at radius 3 is 2.96 bits per heavy atom. The van der Waals surface area contributed by atoms with Crippen LogP contribution in [0.4, 0.5) is 4.39 Å². The van der Waals surface area contributed by atoms with Gasteiger partial charge in [-0.2, -0.15) is 4.98 Å². The van der Waals surface area contributed by atoms with E-state index in [0.29, 0.717) is 23.8 Å². The monoisotopic (exact) mass is 492 g/mol. The van der Waals surface area contributed by atoms with Crippen LogP contribution in [0.25, 0.3) is 11.6 Å². The van der Waals surface area contributed by atoms with E-state index in [1.165, 1.54) is 12.1 Å². The van der Waals surface area contributed by atoms with Gasteiger partial charge < -0.3 is 14.4 Å². The summed E-state index contributed by atoms with van der Waals surface area (Å²) in [6.07, 6.45) is 5.24. The molecular weight excluding hydrogens is 474 g/mol. The van der Waals surface area contributed by atoms with Crippen LogP contribution < -0.4 is 0 Å². The molecule has 0 radical (unpaired) electrons. The second-order valence-corrected chi connectivity index (χ2v) is 8.66. The number of aromatic amines is 1. The summed E-state index contributed by atoms with van der Waals surface area (Å²) in [6.45, 7) is 0.557. The first kappa shape index (κ1) is 17.8. The Morgan fingerprint density at radius 2 is 2.14 bits per heavy atom. The van der Waals surface area contributed by atoms with Crippen LogP contribution in [0, 0.1) is 9.39 Å². The number of rotatable bonds is 2. The largest absolute Gasteiger partial charge is 0.356 e. The summed E-state index contributed by atoms with van der Waals surface area (Å²) in [7, 11) is 0. The van der Waals surface area contributed by atoms with Crippen molar-refractivity contribution in [3.63, 3.8) is 0 Å². The van der Waals surface area contributed by atoms with Gasteiger partial charge in [0.05, 0.1) is 0 Å². The lowest BCUT2D eigenvalue weighted by molar-refractivity contribution is 0.0582. The Balaban J connectivity index is 1.40. The number of hydrogen-bond acceptors (Lipinski definition) is 4. The Morgan fingerprint density at radius 1 is 1.25 bits per heavy atom. The maximum absolute atomic E-state index is 13.6. The first-order chi connectivity index (χ1) is 13.6. The van der Waals surface area contributed by atoms with Crippen molar-refractivity contribution in [2.75, 3.05) is 6.54 Å². The third-order valence-electron chi connectivity index (χ3n) is 5.70. The quantitative estimate of drug-likeness (QED) is 0.546. The maximum Gasteiger partial charge on any atom is 0.274 e. The van der Waals surface area contributed by atoms with E-state index in [0.717, 1.165) is 40.5 Å². The highest BCUT2D eigenvalue weighted by molar-refractivity contribution is 14.1. The summed E-state index contributed by atoms with van der Waals surface area (Å²) in [5.74, 6) is 0.818. The van der Waals surface area contributed by atoms with E-state index >= 15 is 0 Å². The summed E-state index contributed by atoms with van der Waals surface area (Å²) in [4.78, 5) is 22.7. The molecule has 5 rings (SSSR count). The number of piperidine rings is 1. The number of fused-ring (bicyclic) bond motifs is 2. The van der Waals surface area contributed by atoms with Gasteiger partial charge >= 0.3 is 0 Å². The van der Waals surface area contributed by atoms with E-state index < -0.39 is 0 Å². The zero-order chi connectivity index (χ0) is 19.3. The number of amides is 1. The Kier molecular flexibility index (Phi) is 4.45. The molecule has 1 fully saturated rings. The molecule has 3 aromatic rings. The number of halogens is 2. The Hall–Kier alpha value is -2.23. The van der Waals surface area contributed by atoms with Gasteiger partial charge in [-0.15, -0.1) is 0 Å². The Bertz CT molecular complexity index is 1050. The lowest BCUT2D eigenvalue weighted by Gasteiger charge is -2.37. The molecule has 0 spiro atoms. The van der Waals surface area contributed by atoms with Gasteiger partial charge in [0, 0.05) is 33.8 Å². The highest BCUT2D eigenvalue weighted by Gasteiger charge is 2.37. The van der Waals surface area contributed by atoms with E-state index in [1.54, 1.807) is 6.07 Å². The van der Waals surface area contributed by atoms with Crippen molar-refractivity contribution < 1.29 is 13.7 Å². The predicted octanol–water partition coefficient (Wildman–Crippen LogP) is 4.14. The first-order valence-electron chi connectivity index (χ1n) is 9.36. The van der Waals surface area contributed by atoms with Crippen molar-refractivity contribution in [2.45, 2.75) is 37.6 Å².